The molecule has 3 atom stereocenters. The molecule has 4 N–H and O–H groups in total. The number of benzene rings is 1. The van der Waals surface area contributed by atoms with Gasteiger partial charge in [0, 0.05) is 19.3 Å². The van der Waals surface area contributed by atoms with Gasteiger partial charge in [0.1, 0.15) is 11.3 Å². The number of hydrogen-bond acceptors (Lipinski definition) is 6. The van der Waals surface area contributed by atoms with Gasteiger partial charge in [-0.2, -0.15) is 4.76 Å². The van der Waals surface area contributed by atoms with E-state index < -0.39 is 31.6 Å². The van der Waals surface area contributed by atoms with Gasteiger partial charge in [-0.15, -0.1) is 0 Å². The molecule has 0 spiro atoms. The molecule has 1 amide bonds. The minimum absolute atomic E-state index is 0.0137. The fourth-order valence-corrected chi connectivity index (χ4v) is 5.45. The highest BCUT2D eigenvalue weighted by Crippen LogP contribution is 2.52. The summed E-state index contributed by atoms with van der Waals surface area (Å²) >= 11 is 0. The third kappa shape index (κ3) is 4.21. The van der Waals surface area contributed by atoms with Crippen LogP contribution >= 0.6 is 7.52 Å². The minimum Gasteiger partial charge on any atom is -0.509 e. The summed E-state index contributed by atoms with van der Waals surface area (Å²) < 4.78 is 35.8. The van der Waals surface area contributed by atoms with Gasteiger partial charge in [0.05, 0.1) is 23.7 Å². The number of aliphatic hydroxyl groups is 1. The van der Waals surface area contributed by atoms with Crippen molar-refractivity contribution in [2.24, 2.45) is 16.1 Å². The number of fused-ring (bicyclic) bond motifs is 1. The Labute approximate surface area is 181 Å². The van der Waals surface area contributed by atoms with E-state index in [0.717, 1.165) is 0 Å². The molecule has 0 aromatic heterocycles. The predicted molar refractivity (Wildman–Crippen MR) is 121 cm³/mol. The monoisotopic (exact) mass is 452 g/mol. The van der Waals surface area contributed by atoms with Crippen molar-refractivity contribution in [3.63, 3.8) is 0 Å². The molecular weight excluding hydrogens is 422 g/mol. The van der Waals surface area contributed by atoms with E-state index in [1.807, 2.05) is 20.8 Å². The van der Waals surface area contributed by atoms with Gasteiger partial charge in [-0.25, -0.2) is 0 Å². The zero-order valence-electron chi connectivity index (χ0n) is 18.5. The van der Waals surface area contributed by atoms with Crippen LogP contribution in [0.3, 0.4) is 0 Å². The smallest absolute Gasteiger partial charge is 0.348 e. The quantitative estimate of drug-likeness (QED) is 0.448. The Balaban J connectivity index is 2.06. The number of anilines is 2. The normalized spacial score (nSPS) is 24.7. The number of rotatable bonds is 6. The molecule has 0 saturated carbocycles. The van der Waals surface area contributed by atoms with Crippen LogP contribution in [0.5, 0.6) is 0 Å². The number of nitrogens with zero attached hydrogens (tertiary/aromatic N) is 2. The average Bonchev–Trinajstić information content (AvgIpc) is 2.96. The number of amidine groups is 1. The number of carbonyl (C=O) groups excluding carboxylic acids is 1. The molecule has 31 heavy (non-hydrogen) atoms. The first kappa shape index (κ1) is 23.3. The third-order valence-corrected chi connectivity index (χ3v) is 7.48. The molecule has 3 unspecified atom stereocenters. The molecule has 3 rings (SSSR count). The van der Waals surface area contributed by atoms with E-state index in [1.165, 1.54) is 18.1 Å². The van der Waals surface area contributed by atoms with Crippen molar-refractivity contribution in [3.05, 3.63) is 29.5 Å². The van der Waals surface area contributed by atoms with Crippen molar-refractivity contribution in [3.8, 4) is 0 Å². The van der Waals surface area contributed by atoms with Crippen molar-refractivity contribution in [2.45, 2.75) is 40.2 Å². The number of carbonyl (C=O) groups is 1. The van der Waals surface area contributed by atoms with E-state index >= 15 is 0 Å². The molecule has 8 nitrogen and oxygen atoms in total. The maximum absolute atomic E-state index is 13.4. The van der Waals surface area contributed by atoms with Crippen molar-refractivity contribution in [2.75, 3.05) is 31.4 Å². The number of amides is 1. The predicted octanol–water partition coefficient (Wildman–Crippen LogP) is 3.62. The van der Waals surface area contributed by atoms with E-state index in [-0.39, 0.29) is 29.6 Å². The fraction of sp³-hybridized carbons (Fsp3) is 0.524. The fourth-order valence-electron chi connectivity index (χ4n) is 3.90. The lowest BCUT2D eigenvalue weighted by molar-refractivity contribution is -0.128. The molecule has 2 aliphatic rings. The van der Waals surface area contributed by atoms with Gasteiger partial charge in [-0.1, -0.05) is 27.7 Å². The molecule has 0 saturated heterocycles. The number of halogens is 1. The van der Waals surface area contributed by atoms with E-state index in [0.29, 0.717) is 23.1 Å². The van der Waals surface area contributed by atoms with Crippen molar-refractivity contribution >= 4 is 35.9 Å². The molecule has 10 heteroatoms. The molecule has 2 aliphatic heterocycles. The summed E-state index contributed by atoms with van der Waals surface area (Å²) in [6.45, 7) is 7.28. The second-order valence-corrected chi connectivity index (χ2v) is 11.2. The van der Waals surface area contributed by atoms with Crippen LogP contribution in [-0.4, -0.2) is 48.1 Å². The van der Waals surface area contributed by atoms with Gasteiger partial charge in [0.2, 0.25) is 0 Å². The Morgan fingerprint density at radius 1 is 1.42 bits per heavy atom. The summed E-state index contributed by atoms with van der Waals surface area (Å²) in [5.41, 5.74) is 6.12. The lowest BCUT2D eigenvalue weighted by atomic mass is 9.85. The summed E-state index contributed by atoms with van der Waals surface area (Å²) in [5.74, 6) is -0.828. The maximum Gasteiger partial charge on any atom is 0.348 e. The van der Waals surface area contributed by atoms with Crippen LogP contribution in [0.25, 0.3) is 0 Å². The Bertz CT molecular complexity index is 1000. The van der Waals surface area contributed by atoms with E-state index in [1.54, 1.807) is 19.1 Å². The molecule has 170 valence electrons. The third-order valence-electron chi connectivity index (χ3n) is 5.54. The molecule has 1 aromatic rings. The molecular formula is C21H30FN4O4P. The van der Waals surface area contributed by atoms with Crippen LogP contribution in [0.1, 0.15) is 34.1 Å². The second-order valence-electron chi connectivity index (χ2n) is 9.13. The Morgan fingerprint density at radius 3 is 2.68 bits per heavy atom. The first-order valence-corrected chi connectivity index (χ1v) is 11.7. The SMILES string of the molecule is COP1(=O)N=C(C2=C(O)C(C(C)(C)C)N(CCC(C)CF)C2=O)Nc2ccc(N)cc21. The Morgan fingerprint density at radius 2 is 2.10 bits per heavy atom. The molecule has 0 aliphatic carbocycles. The molecule has 0 radical (unpaired) electrons. The Hall–Kier alpha value is -2.38. The van der Waals surface area contributed by atoms with Crippen LogP contribution in [0, 0.1) is 11.3 Å². The number of nitrogens with two attached hydrogens (primary N) is 1. The van der Waals surface area contributed by atoms with Crippen LogP contribution in [0.15, 0.2) is 34.3 Å². The number of alkyl halides is 1. The first-order chi connectivity index (χ1) is 14.4. The van der Waals surface area contributed by atoms with Crippen molar-refractivity contribution in [1.29, 1.82) is 0 Å². The van der Waals surface area contributed by atoms with E-state index in [9.17, 15) is 18.9 Å². The van der Waals surface area contributed by atoms with Gasteiger partial charge >= 0.3 is 7.52 Å². The van der Waals surface area contributed by atoms with Crippen molar-refractivity contribution < 1.29 is 23.4 Å². The second kappa shape index (κ2) is 8.28. The van der Waals surface area contributed by atoms with E-state index in [4.69, 9.17) is 10.3 Å². The highest BCUT2D eigenvalue weighted by atomic mass is 31.2. The van der Waals surface area contributed by atoms with Gasteiger partial charge in [-0.3, -0.25) is 13.8 Å². The minimum atomic E-state index is -3.71. The zero-order chi connectivity index (χ0) is 23.1. The average molecular weight is 452 g/mol. The molecule has 2 heterocycles. The number of aliphatic hydroxyl groups excluding tert-OH is 1. The highest BCUT2D eigenvalue weighted by molar-refractivity contribution is 7.66. The summed E-state index contributed by atoms with van der Waals surface area (Å²) in [6, 6.07) is 4.15. The number of hydrogen-bond donors (Lipinski definition) is 3. The maximum atomic E-state index is 13.4. The van der Waals surface area contributed by atoms with Gasteiger partial charge in [0.25, 0.3) is 5.91 Å². The number of nitrogen functional groups attached to an aromatic ring is 1. The van der Waals surface area contributed by atoms with Gasteiger partial charge < -0.3 is 25.6 Å². The largest absolute Gasteiger partial charge is 0.509 e. The Kier molecular flexibility index (Phi) is 6.22. The highest BCUT2D eigenvalue weighted by Gasteiger charge is 2.48. The zero-order valence-corrected chi connectivity index (χ0v) is 19.4. The van der Waals surface area contributed by atoms with Crippen LogP contribution < -0.4 is 16.4 Å². The van der Waals surface area contributed by atoms with Gasteiger partial charge in [0.15, 0.2) is 5.84 Å². The lowest BCUT2D eigenvalue weighted by Gasteiger charge is -2.35. The van der Waals surface area contributed by atoms with Crippen LogP contribution in [0.2, 0.25) is 0 Å². The topological polar surface area (TPSA) is 117 Å². The summed E-state index contributed by atoms with van der Waals surface area (Å²) in [7, 11) is -2.44. The molecule has 0 bridgehead atoms. The summed E-state index contributed by atoms with van der Waals surface area (Å²) in [4.78, 5) is 14.9. The molecule has 0 fully saturated rings. The number of nitrogens with one attached hydrogen (secondary N) is 1. The van der Waals surface area contributed by atoms with E-state index in [2.05, 4.69) is 10.1 Å². The van der Waals surface area contributed by atoms with Crippen LogP contribution in [-0.2, 0) is 13.9 Å². The summed E-state index contributed by atoms with van der Waals surface area (Å²) in [6.07, 6.45) is 0.452. The molecule has 1 aromatic carbocycles. The lowest BCUT2D eigenvalue weighted by Crippen LogP contribution is -2.45. The van der Waals surface area contributed by atoms with Gasteiger partial charge in [-0.05, 0) is 36.0 Å². The van der Waals surface area contributed by atoms with Crippen LogP contribution in [0.4, 0.5) is 15.8 Å². The summed E-state index contributed by atoms with van der Waals surface area (Å²) in [5, 5.41) is 14.4. The van der Waals surface area contributed by atoms with Crippen molar-refractivity contribution in [1.82, 2.24) is 4.90 Å². The first-order valence-electron chi connectivity index (χ1n) is 10.2. The standard InChI is InChI=1S/C21H30FN4O4P/c1-12(11-22)8-9-26-18(21(2,3)4)17(27)16(20(26)28)19-24-14-7-6-13(23)10-15(14)31(29,25-19)30-5/h6-7,10,12,18,27H,8-9,11,23H2,1-5H3,(H,24,25,29).